The molecule has 0 amide bonds. The summed E-state index contributed by atoms with van der Waals surface area (Å²) < 4.78 is 0. The van der Waals surface area contributed by atoms with Crippen molar-refractivity contribution >= 4 is 10.9 Å². The van der Waals surface area contributed by atoms with Crippen molar-refractivity contribution in [1.82, 2.24) is 20.4 Å². The lowest BCUT2D eigenvalue weighted by molar-refractivity contribution is 0.617. The molecule has 2 aromatic heterocycles. The van der Waals surface area contributed by atoms with Crippen LogP contribution < -0.4 is 11.3 Å². The second-order valence-corrected chi connectivity index (χ2v) is 4.64. The van der Waals surface area contributed by atoms with Gasteiger partial charge in [0.15, 0.2) is 0 Å². The topological polar surface area (TPSA) is 76.7 Å². The fraction of sp³-hybridized carbons (Fsp3) is 0.133. The van der Waals surface area contributed by atoms with Crippen molar-refractivity contribution < 1.29 is 0 Å². The molecule has 0 bridgehead atoms. The first kappa shape index (κ1) is 12.7. The average molecular weight is 265 g/mol. The van der Waals surface area contributed by atoms with Gasteiger partial charge in [0.1, 0.15) is 0 Å². The van der Waals surface area contributed by atoms with E-state index in [-0.39, 0.29) is 6.04 Å². The third-order valence-electron chi connectivity index (χ3n) is 3.23. The number of nitrogens with zero attached hydrogens (tertiary/aromatic N) is 3. The molecule has 0 fully saturated rings. The highest BCUT2D eigenvalue weighted by atomic mass is 15.2. The number of pyridine rings is 1. The van der Waals surface area contributed by atoms with Gasteiger partial charge in [-0.3, -0.25) is 20.8 Å². The zero-order valence-electron chi connectivity index (χ0n) is 11.1. The molecule has 5 nitrogen and oxygen atoms in total. The predicted molar refractivity (Wildman–Crippen MR) is 77.7 cm³/mol. The first-order chi connectivity index (χ1) is 9.78. The van der Waals surface area contributed by atoms with Gasteiger partial charge in [-0.25, -0.2) is 5.43 Å². The molecular weight excluding hydrogens is 250 g/mol. The lowest BCUT2D eigenvalue weighted by atomic mass is 10.0. The first-order valence-electron chi connectivity index (χ1n) is 6.37. The highest BCUT2D eigenvalue weighted by molar-refractivity contribution is 5.79. The molecule has 3 aromatic rings. The van der Waals surface area contributed by atoms with Crippen molar-refractivity contribution in [3.8, 4) is 0 Å². The van der Waals surface area contributed by atoms with Crippen LogP contribution in [0.25, 0.3) is 10.9 Å². The molecule has 1 unspecified atom stereocenters. The van der Waals surface area contributed by atoms with Crippen LogP contribution in [-0.4, -0.2) is 15.0 Å². The lowest BCUT2D eigenvalue weighted by Crippen LogP contribution is -2.29. The lowest BCUT2D eigenvalue weighted by Gasteiger charge is -2.16. The number of benzene rings is 1. The zero-order valence-corrected chi connectivity index (χ0v) is 11.1. The summed E-state index contributed by atoms with van der Waals surface area (Å²) in [6.07, 6.45) is 5.25. The van der Waals surface area contributed by atoms with Crippen molar-refractivity contribution in [2.24, 2.45) is 5.84 Å². The maximum Gasteiger partial charge on any atom is 0.0897 e. The van der Waals surface area contributed by atoms with Crippen LogP contribution >= 0.6 is 0 Å². The van der Waals surface area contributed by atoms with Gasteiger partial charge in [0.05, 0.1) is 29.1 Å². The minimum atomic E-state index is -0.200. The van der Waals surface area contributed by atoms with Gasteiger partial charge in [0, 0.05) is 17.8 Å². The van der Waals surface area contributed by atoms with E-state index in [4.69, 9.17) is 5.84 Å². The van der Waals surface area contributed by atoms with Crippen molar-refractivity contribution in [3.63, 3.8) is 0 Å². The van der Waals surface area contributed by atoms with E-state index in [2.05, 4.69) is 20.4 Å². The smallest absolute Gasteiger partial charge is 0.0897 e. The second-order valence-electron chi connectivity index (χ2n) is 4.64. The molecule has 0 aliphatic rings. The summed E-state index contributed by atoms with van der Waals surface area (Å²) in [5.41, 5.74) is 6.40. The van der Waals surface area contributed by atoms with Crippen LogP contribution in [0.15, 0.2) is 48.9 Å². The fourth-order valence-electron chi connectivity index (χ4n) is 2.17. The van der Waals surface area contributed by atoms with E-state index < -0.39 is 0 Å². The molecular formula is C15H15N5. The summed E-state index contributed by atoms with van der Waals surface area (Å²) >= 11 is 0. The van der Waals surface area contributed by atoms with Gasteiger partial charge in [-0.15, -0.1) is 0 Å². The number of rotatable bonds is 3. The van der Waals surface area contributed by atoms with Crippen LogP contribution in [0.1, 0.15) is 23.0 Å². The van der Waals surface area contributed by atoms with Crippen molar-refractivity contribution in [2.75, 3.05) is 0 Å². The average Bonchev–Trinajstić information content (AvgIpc) is 2.50. The maximum atomic E-state index is 5.68. The van der Waals surface area contributed by atoms with Crippen molar-refractivity contribution in [1.29, 1.82) is 0 Å². The quantitative estimate of drug-likeness (QED) is 0.558. The molecule has 0 aliphatic heterocycles. The molecule has 20 heavy (non-hydrogen) atoms. The Kier molecular flexibility index (Phi) is 3.37. The Labute approximate surface area is 116 Å². The number of aromatic nitrogens is 3. The molecule has 5 heteroatoms. The number of aryl methyl sites for hydroxylation is 1. The number of hydrazine groups is 1. The van der Waals surface area contributed by atoms with E-state index in [1.165, 1.54) is 0 Å². The highest BCUT2D eigenvalue weighted by Crippen LogP contribution is 2.22. The first-order valence-corrected chi connectivity index (χ1v) is 6.37. The van der Waals surface area contributed by atoms with Gasteiger partial charge in [0.25, 0.3) is 0 Å². The standard InChI is InChI=1S/C15H15N5/c1-10-8-19-14(9-18-10)15(20-16)12-5-4-11-3-2-6-17-13(11)7-12/h2-9,15,20H,16H2,1H3. The predicted octanol–water partition coefficient (Wildman–Crippen LogP) is 1.89. The molecule has 2 heterocycles. The largest absolute Gasteiger partial charge is 0.271 e. The minimum absolute atomic E-state index is 0.200. The SMILES string of the molecule is Cc1cnc(C(NN)c2ccc3cccnc3c2)cn1. The Hall–Kier alpha value is -2.37. The van der Waals surface area contributed by atoms with Crippen LogP contribution in [-0.2, 0) is 0 Å². The number of fused-ring (bicyclic) bond motifs is 1. The third kappa shape index (κ3) is 2.36. The van der Waals surface area contributed by atoms with E-state index in [9.17, 15) is 0 Å². The highest BCUT2D eigenvalue weighted by Gasteiger charge is 2.14. The van der Waals surface area contributed by atoms with E-state index >= 15 is 0 Å². The number of hydrogen-bond donors (Lipinski definition) is 2. The van der Waals surface area contributed by atoms with E-state index in [1.807, 2.05) is 37.3 Å². The summed E-state index contributed by atoms with van der Waals surface area (Å²) in [6.45, 7) is 1.90. The van der Waals surface area contributed by atoms with Crippen molar-refractivity contribution in [2.45, 2.75) is 13.0 Å². The Morgan fingerprint density at radius 1 is 1.10 bits per heavy atom. The van der Waals surface area contributed by atoms with Crippen LogP contribution in [0.3, 0.4) is 0 Å². The number of nitrogens with two attached hydrogens (primary N) is 1. The summed E-state index contributed by atoms with van der Waals surface area (Å²) in [5, 5.41) is 1.10. The minimum Gasteiger partial charge on any atom is -0.271 e. The van der Waals surface area contributed by atoms with Crippen LogP contribution in [0.4, 0.5) is 0 Å². The molecule has 3 rings (SSSR count). The van der Waals surface area contributed by atoms with E-state index in [0.29, 0.717) is 0 Å². The Morgan fingerprint density at radius 3 is 2.75 bits per heavy atom. The molecule has 0 aliphatic carbocycles. The molecule has 100 valence electrons. The van der Waals surface area contributed by atoms with Crippen LogP contribution in [0.5, 0.6) is 0 Å². The van der Waals surface area contributed by atoms with Crippen molar-refractivity contribution in [3.05, 3.63) is 65.9 Å². The van der Waals surface area contributed by atoms with Crippen LogP contribution in [0.2, 0.25) is 0 Å². The van der Waals surface area contributed by atoms with Crippen LogP contribution in [0, 0.1) is 6.92 Å². The molecule has 0 spiro atoms. The van der Waals surface area contributed by atoms with Gasteiger partial charge in [-0.1, -0.05) is 18.2 Å². The third-order valence-corrected chi connectivity index (χ3v) is 3.23. The van der Waals surface area contributed by atoms with Gasteiger partial charge in [0.2, 0.25) is 0 Å². The summed E-state index contributed by atoms with van der Waals surface area (Å²) in [5.74, 6) is 5.68. The molecule has 1 aromatic carbocycles. The normalized spacial score (nSPS) is 12.5. The molecule has 1 atom stereocenters. The number of hydrogen-bond acceptors (Lipinski definition) is 5. The monoisotopic (exact) mass is 265 g/mol. The van der Waals surface area contributed by atoms with Gasteiger partial charge < -0.3 is 0 Å². The second kappa shape index (κ2) is 5.32. The zero-order chi connectivity index (χ0) is 13.9. The van der Waals surface area contributed by atoms with E-state index in [1.54, 1.807) is 18.6 Å². The van der Waals surface area contributed by atoms with E-state index in [0.717, 1.165) is 27.9 Å². The summed E-state index contributed by atoms with van der Waals surface area (Å²) in [7, 11) is 0. The fourth-order valence-corrected chi connectivity index (χ4v) is 2.17. The summed E-state index contributed by atoms with van der Waals surface area (Å²) in [6, 6.07) is 9.82. The maximum absolute atomic E-state index is 5.68. The number of nitrogens with one attached hydrogen (secondary N) is 1. The molecule has 0 saturated carbocycles. The Morgan fingerprint density at radius 2 is 2.00 bits per heavy atom. The Bertz CT molecular complexity index is 724. The summed E-state index contributed by atoms with van der Waals surface area (Å²) in [4.78, 5) is 13.0. The Balaban J connectivity index is 2.04. The van der Waals surface area contributed by atoms with Gasteiger partial charge in [-0.05, 0) is 24.6 Å². The van der Waals surface area contributed by atoms with Gasteiger partial charge in [-0.2, -0.15) is 0 Å². The molecule has 0 radical (unpaired) electrons. The molecule has 3 N–H and O–H groups in total. The molecule has 0 saturated heterocycles. The van der Waals surface area contributed by atoms with Gasteiger partial charge >= 0.3 is 0 Å².